The lowest BCUT2D eigenvalue weighted by molar-refractivity contribution is -0.124. The van der Waals surface area contributed by atoms with Crippen LogP contribution >= 0.6 is 23.5 Å². The molecule has 0 spiro atoms. The number of hydrogen-bond acceptors (Lipinski definition) is 5. The number of urea groups is 1. The van der Waals surface area contributed by atoms with E-state index in [0.29, 0.717) is 4.24 Å². The van der Waals surface area contributed by atoms with Crippen LogP contribution in [0.4, 0.5) is 4.79 Å². The molecule has 0 atom stereocenters. The Morgan fingerprint density at radius 1 is 0.929 bits per heavy atom. The highest BCUT2D eigenvalue weighted by atomic mass is 32.2. The minimum Gasteiger partial charge on any atom is -0.273 e. The smallest absolute Gasteiger partial charge is 0.273 e. The highest BCUT2D eigenvalue weighted by Crippen LogP contribution is 2.40. The fraction of sp³-hybridized carbons (Fsp3) is 0. The molecule has 2 N–H and O–H groups in total. The van der Waals surface area contributed by atoms with E-state index in [-0.39, 0.29) is 5.57 Å². The third-order valence-electron chi connectivity index (χ3n) is 1.52. The summed E-state index contributed by atoms with van der Waals surface area (Å²) < 4.78 is 0.590. The molecule has 0 radical (unpaired) electrons. The molecule has 0 aromatic heterocycles. The predicted molar refractivity (Wildman–Crippen MR) is 53.0 cm³/mol. The number of hydrogen-bond donors (Lipinski definition) is 2. The Kier molecular flexibility index (Phi) is 2.34. The van der Waals surface area contributed by atoms with Gasteiger partial charge in [0, 0.05) is 0 Å². The van der Waals surface area contributed by atoms with Crippen LogP contribution in [0.5, 0.6) is 0 Å². The van der Waals surface area contributed by atoms with Crippen LogP contribution in [0.2, 0.25) is 0 Å². The van der Waals surface area contributed by atoms with Crippen LogP contribution in [0, 0.1) is 0 Å². The molecule has 14 heavy (non-hydrogen) atoms. The number of carbonyl (C=O) groups is 3. The van der Waals surface area contributed by atoms with E-state index in [4.69, 9.17) is 0 Å². The molecule has 0 unspecified atom stereocenters. The molecule has 5 nitrogen and oxygen atoms in total. The van der Waals surface area contributed by atoms with Gasteiger partial charge in [0.25, 0.3) is 11.8 Å². The average Bonchev–Trinajstić information content (AvgIpc) is 2.54. The molecule has 0 aromatic carbocycles. The lowest BCUT2D eigenvalue weighted by Gasteiger charge is -2.15. The van der Waals surface area contributed by atoms with E-state index >= 15 is 0 Å². The van der Waals surface area contributed by atoms with E-state index in [1.165, 1.54) is 23.5 Å². The number of barbiturate groups is 1. The molecule has 0 bridgehead atoms. The fourth-order valence-electron chi connectivity index (χ4n) is 0.976. The van der Waals surface area contributed by atoms with Gasteiger partial charge in [-0.25, -0.2) is 4.79 Å². The van der Waals surface area contributed by atoms with Crippen LogP contribution in [0.15, 0.2) is 20.6 Å². The summed E-state index contributed by atoms with van der Waals surface area (Å²) in [5.74, 6) is -1.28. The molecule has 1 saturated heterocycles. The van der Waals surface area contributed by atoms with Crippen LogP contribution in [-0.4, -0.2) is 17.8 Å². The highest BCUT2D eigenvalue weighted by molar-refractivity contribution is 8.27. The summed E-state index contributed by atoms with van der Waals surface area (Å²) in [6, 6.07) is -0.773. The Morgan fingerprint density at radius 2 is 1.43 bits per heavy atom. The first-order valence-corrected chi connectivity index (χ1v) is 5.33. The van der Waals surface area contributed by atoms with Crippen molar-refractivity contribution in [3.05, 3.63) is 20.6 Å². The number of nitrogens with one attached hydrogen (secondary N) is 2. The second kappa shape index (κ2) is 3.50. The minimum atomic E-state index is -0.773. The maximum absolute atomic E-state index is 11.3. The van der Waals surface area contributed by atoms with Crippen molar-refractivity contribution in [2.45, 2.75) is 0 Å². The topological polar surface area (TPSA) is 75.3 Å². The monoisotopic (exact) mass is 228 g/mol. The van der Waals surface area contributed by atoms with Crippen LogP contribution in [0.1, 0.15) is 0 Å². The maximum atomic E-state index is 11.3. The third-order valence-corrected chi connectivity index (χ3v) is 3.65. The van der Waals surface area contributed by atoms with Crippen molar-refractivity contribution >= 4 is 41.4 Å². The van der Waals surface area contributed by atoms with E-state index in [1.54, 1.807) is 10.8 Å². The number of rotatable bonds is 0. The van der Waals surface area contributed by atoms with Gasteiger partial charge in [0.15, 0.2) is 0 Å². The van der Waals surface area contributed by atoms with Crippen molar-refractivity contribution in [1.82, 2.24) is 10.6 Å². The first-order valence-electron chi connectivity index (χ1n) is 3.58. The summed E-state index contributed by atoms with van der Waals surface area (Å²) in [6.45, 7) is 0. The van der Waals surface area contributed by atoms with Gasteiger partial charge in [0.1, 0.15) is 5.57 Å². The average molecular weight is 228 g/mol. The zero-order chi connectivity index (χ0) is 10.1. The van der Waals surface area contributed by atoms with Gasteiger partial charge in [0.2, 0.25) is 0 Å². The molecule has 0 aromatic rings. The quantitative estimate of drug-likeness (QED) is 0.467. The molecule has 1 fully saturated rings. The SMILES string of the molecule is O=C1NC(=O)C(=C2SC=CS2)C(=O)N1. The van der Waals surface area contributed by atoms with Crippen LogP contribution in [0.25, 0.3) is 0 Å². The summed E-state index contributed by atoms with van der Waals surface area (Å²) in [4.78, 5) is 33.3. The number of amides is 4. The number of thioether (sulfide) groups is 2. The van der Waals surface area contributed by atoms with Crippen molar-refractivity contribution in [3.8, 4) is 0 Å². The molecule has 2 heterocycles. The second-order valence-electron chi connectivity index (χ2n) is 2.41. The second-order valence-corrected chi connectivity index (χ2v) is 4.50. The van der Waals surface area contributed by atoms with Crippen molar-refractivity contribution in [3.63, 3.8) is 0 Å². The Hall–Kier alpha value is -1.21. The summed E-state index contributed by atoms with van der Waals surface area (Å²) >= 11 is 2.57. The Morgan fingerprint density at radius 3 is 1.93 bits per heavy atom. The Bertz CT molecular complexity index is 368. The summed E-state index contributed by atoms with van der Waals surface area (Å²) in [6.07, 6.45) is 0. The van der Waals surface area contributed by atoms with Crippen LogP contribution in [0.3, 0.4) is 0 Å². The molecule has 2 rings (SSSR count). The molecule has 7 heteroatoms. The van der Waals surface area contributed by atoms with Gasteiger partial charge < -0.3 is 0 Å². The van der Waals surface area contributed by atoms with Crippen molar-refractivity contribution in [2.24, 2.45) is 0 Å². The molecule has 4 amide bonds. The Balaban J connectivity index is 2.34. The Labute approximate surface area is 87.4 Å². The zero-order valence-electron chi connectivity index (χ0n) is 6.70. The first-order chi connectivity index (χ1) is 6.68. The molecule has 0 saturated carbocycles. The largest absolute Gasteiger partial charge is 0.328 e. The maximum Gasteiger partial charge on any atom is 0.328 e. The summed E-state index contributed by atoms with van der Waals surface area (Å²) in [7, 11) is 0. The van der Waals surface area contributed by atoms with Gasteiger partial charge in [-0.2, -0.15) is 0 Å². The number of carbonyl (C=O) groups excluding carboxylic acids is 3. The number of imide groups is 2. The summed E-state index contributed by atoms with van der Waals surface area (Å²) in [5, 5.41) is 7.56. The van der Waals surface area contributed by atoms with E-state index in [9.17, 15) is 14.4 Å². The van der Waals surface area contributed by atoms with Gasteiger partial charge in [-0.3, -0.25) is 20.2 Å². The zero-order valence-corrected chi connectivity index (χ0v) is 8.33. The molecule has 2 aliphatic heterocycles. The van der Waals surface area contributed by atoms with Gasteiger partial charge in [-0.15, -0.1) is 0 Å². The lowest BCUT2D eigenvalue weighted by atomic mass is 10.2. The van der Waals surface area contributed by atoms with E-state index in [0.717, 1.165) is 0 Å². The normalized spacial score (nSPS) is 21.3. The van der Waals surface area contributed by atoms with Crippen molar-refractivity contribution in [2.75, 3.05) is 0 Å². The molecule has 2 aliphatic rings. The predicted octanol–water partition coefficient (Wildman–Crippen LogP) is 0.515. The molecular weight excluding hydrogens is 224 g/mol. The van der Waals surface area contributed by atoms with E-state index in [1.807, 2.05) is 10.6 Å². The van der Waals surface area contributed by atoms with Gasteiger partial charge >= 0.3 is 6.03 Å². The first kappa shape index (κ1) is 9.35. The highest BCUT2D eigenvalue weighted by Gasteiger charge is 2.31. The molecular formula is C7H4N2O3S2. The minimum absolute atomic E-state index is 0.00426. The van der Waals surface area contributed by atoms with Gasteiger partial charge in [-0.05, 0) is 10.8 Å². The van der Waals surface area contributed by atoms with Crippen LogP contribution in [-0.2, 0) is 9.59 Å². The third kappa shape index (κ3) is 1.55. The van der Waals surface area contributed by atoms with Crippen LogP contribution < -0.4 is 10.6 Å². The summed E-state index contributed by atoms with van der Waals surface area (Å²) in [5.41, 5.74) is 0.00426. The van der Waals surface area contributed by atoms with Crippen molar-refractivity contribution < 1.29 is 14.4 Å². The van der Waals surface area contributed by atoms with E-state index < -0.39 is 17.8 Å². The van der Waals surface area contributed by atoms with Gasteiger partial charge in [-0.1, -0.05) is 23.5 Å². The standard InChI is InChI=1S/C7H4N2O3S2/c10-4-3(6-13-1-2-14-6)5(11)9-7(12)8-4/h1-2H,(H2,8,9,10,11,12). The van der Waals surface area contributed by atoms with E-state index in [2.05, 4.69) is 0 Å². The fourth-order valence-corrected chi connectivity index (χ4v) is 2.83. The van der Waals surface area contributed by atoms with Gasteiger partial charge in [0.05, 0.1) is 4.24 Å². The molecule has 72 valence electrons. The lowest BCUT2D eigenvalue weighted by Crippen LogP contribution is -2.51. The molecule has 0 aliphatic carbocycles. The van der Waals surface area contributed by atoms with Crippen molar-refractivity contribution in [1.29, 1.82) is 0 Å².